The number of halogens is 1. The van der Waals surface area contributed by atoms with Crippen molar-refractivity contribution >= 4 is 21.7 Å². The van der Waals surface area contributed by atoms with Gasteiger partial charge in [-0.25, -0.2) is 0 Å². The van der Waals surface area contributed by atoms with Gasteiger partial charge < -0.3 is 0 Å². The van der Waals surface area contributed by atoms with Crippen LogP contribution in [0.4, 0.5) is 0 Å². The standard InChI is InChI=1S/C12H13BrO/c1-8-5-6-11(13)10(7-8)12(14)9-3-2-4-9/h5-7,9H,2-4H2,1H3. The predicted molar refractivity (Wildman–Crippen MR) is 60.6 cm³/mol. The number of aryl methyl sites for hydroxylation is 1. The highest BCUT2D eigenvalue weighted by atomic mass is 79.9. The fraction of sp³-hybridized carbons (Fsp3) is 0.417. The van der Waals surface area contributed by atoms with Crippen molar-refractivity contribution in [2.75, 3.05) is 0 Å². The molecule has 0 amide bonds. The zero-order valence-corrected chi connectivity index (χ0v) is 9.80. The number of rotatable bonds is 2. The fourth-order valence-corrected chi connectivity index (χ4v) is 2.16. The molecule has 0 aliphatic heterocycles. The van der Waals surface area contributed by atoms with Crippen molar-refractivity contribution in [3.05, 3.63) is 33.8 Å². The molecule has 14 heavy (non-hydrogen) atoms. The highest BCUT2D eigenvalue weighted by molar-refractivity contribution is 9.10. The Hall–Kier alpha value is -0.630. The van der Waals surface area contributed by atoms with Crippen LogP contribution in [-0.4, -0.2) is 5.78 Å². The van der Waals surface area contributed by atoms with Gasteiger partial charge in [0.15, 0.2) is 5.78 Å². The van der Waals surface area contributed by atoms with E-state index in [0.717, 1.165) is 28.4 Å². The number of carbonyl (C=O) groups excluding carboxylic acids is 1. The average molecular weight is 253 g/mol. The fourth-order valence-electron chi connectivity index (χ4n) is 1.72. The van der Waals surface area contributed by atoms with Gasteiger partial charge in [-0.05, 0) is 31.9 Å². The van der Waals surface area contributed by atoms with E-state index < -0.39 is 0 Å². The van der Waals surface area contributed by atoms with Gasteiger partial charge in [0.05, 0.1) is 0 Å². The lowest BCUT2D eigenvalue weighted by Gasteiger charge is -2.24. The first-order chi connectivity index (χ1) is 6.68. The lowest BCUT2D eigenvalue weighted by atomic mass is 9.80. The van der Waals surface area contributed by atoms with E-state index in [-0.39, 0.29) is 5.92 Å². The molecular weight excluding hydrogens is 240 g/mol. The summed E-state index contributed by atoms with van der Waals surface area (Å²) >= 11 is 3.43. The minimum absolute atomic E-state index is 0.285. The summed E-state index contributed by atoms with van der Waals surface area (Å²) in [6, 6.07) is 5.95. The summed E-state index contributed by atoms with van der Waals surface area (Å²) < 4.78 is 0.931. The molecule has 0 unspecified atom stereocenters. The van der Waals surface area contributed by atoms with Crippen LogP contribution in [0.15, 0.2) is 22.7 Å². The average Bonchev–Trinajstić information content (AvgIpc) is 2.06. The normalized spacial score (nSPS) is 16.4. The number of ketones is 1. The van der Waals surface area contributed by atoms with Crippen LogP contribution in [0.2, 0.25) is 0 Å². The van der Waals surface area contributed by atoms with Gasteiger partial charge in [-0.3, -0.25) is 4.79 Å². The molecule has 2 rings (SSSR count). The maximum absolute atomic E-state index is 12.0. The summed E-state index contributed by atoms with van der Waals surface area (Å²) in [4.78, 5) is 12.0. The lowest BCUT2D eigenvalue weighted by molar-refractivity contribution is 0.0854. The maximum atomic E-state index is 12.0. The number of carbonyl (C=O) groups is 1. The largest absolute Gasteiger partial charge is 0.294 e. The molecule has 0 bridgehead atoms. The second-order valence-corrected chi connectivity index (χ2v) is 4.83. The molecule has 74 valence electrons. The minimum atomic E-state index is 0.285. The van der Waals surface area contributed by atoms with Gasteiger partial charge >= 0.3 is 0 Å². The SMILES string of the molecule is Cc1ccc(Br)c(C(=O)C2CCC2)c1. The molecule has 0 saturated heterocycles. The second kappa shape index (κ2) is 3.85. The maximum Gasteiger partial charge on any atom is 0.167 e. The molecule has 0 atom stereocenters. The van der Waals surface area contributed by atoms with Crippen LogP contribution < -0.4 is 0 Å². The van der Waals surface area contributed by atoms with E-state index in [2.05, 4.69) is 15.9 Å². The Labute approximate surface area is 92.6 Å². The van der Waals surface area contributed by atoms with Crippen molar-refractivity contribution in [1.82, 2.24) is 0 Å². The Balaban J connectivity index is 2.29. The highest BCUT2D eigenvalue weighted by Crippen LogP contribution is 2.32. The topological polar surface area (TPSA) is 17.1 Å². The first-order valence-corrected chi connectivity index (χ1v) is 5.78. The Morgan fingerprint density at radius 1 is 1.43 bits per heavy atom. The molecule has 1 saturated carbocycles. The molecule has 0 aromatic heterocycles. The van der Waals surface area contributed by atoms with E-state index in [9.17, 15) is 4.79 Å². The molecule has 0 radical (unpaired) electrons. The van der Waals surface area contributed by atoms with Crippen LogP contribution in [0.25, 0.3) is 0 Å². The second-order valence-electron chi connectivity index (χ2n) is 3.98. The van der Waals surface area contributed by atoms with E-state index in [1.54, 1.807) is 0 Å². The van der Waals surface area contributed by atoms with Gasteiger partial charge in [-0.2, -0.15) is 0 Å². The smallest absolute Gasteiger partial charge is 0.167 e. The molecular formula is C12H13BrO. The summed E-state index contributed by atoms with van der Waals surface area (Å²) in [5.74, 6) is 0.597. The van der Waals surface area contributed by atoms with Crippen molar-refractivity contribution in [2.45, 2.75) is 26.2 Å². The van der Waals surface area contributed by atoms with Gasteiger partial charge in [0.2, 0.25) is 0 Å². The Morgan fingerprint density at radius 2 is 2.14 bits per heavy atom. The molecule has 0 heterocycles. The minimum Gasteiger partial charge on any atom is -0.294 e. The van der Waals surface area contributed by atoms with Gasteiger partial charge in [-0.1, -0.05) is 34.0 Å². The zero-order chi connectivity index (χ0) is 10.1. The number of Topliss-reactive ketones (excluding diaryl/α,β-unsaturated/α-hetero) is 1. The molecule has 1 aliphatic rings. The van der Waals surface area contributed by atoms with Crippen LogP contribution in [0, 0.1) is 12.8 Å². The Bertz CT molecular complexity index is 367. The summed E-state index contributed by atoms with van der Waals surface area (Å²) in [7, 11) is 0. The molecule has 2 heteroatoms. The molecule has 1 fully saturated rings. The molecule has 1 aliphatic carbocycles. The van der Waals surface area contributed by atoms with Crippen LogP contribution in [0.1, 0.15) is 35.2 Å². The van der Waals surface area contributed by atoms with E-state index >= 15 is 0 Å². The number of benzene rings is 1. The molecule has 1 aromatic rings. The summed E-state index contributed by atoms with van der Waals surface area (Å²) in [6.07, 6.45) is 3.35. The van der Waals surface area contributed by atoms with Crippen LogP contribution in [-0.2, 0) is 0 Å². The monoisotopic (exact) mass is 252 g/mol. The molecule has 0 spiro atoms. The molecule has 1 nitrogen and oxygen atoms in total. The van der Waals surface area contributed by atoms with Gasteiger partial charge in [0.25, 0.3) is 0 Å². The van der Waals surface area contributed by atoms with Gasteiger partial charge in [0.1, 0.15) is 0 Å². The molecule has 1 aromatic carbocycles. The summed E-state index contributed by atoms with van der Waals surface area (Å²) in [6.45, 7) is 2.02. The van der Waals surface area contributed by atoms with Crippen LogP contribution in [0.3, 0.4) is 0 Å². The Morgan fingerprint density at radius 3 is 2.71 bits per heavy atom. The van der Waals surface area contributed by atoms with Gasteiger partial charge in [-0.15, -0.1) is 0 Å². The van der Waals surface area contributed by atoms with E-state index in [4.69, 9.17) is 0 Å². The first kappa shape index (κ1) is 9.91. The summed E-state index contributed by atoms with van der Waals surface area (Å²) in [5.41, 5.74) is 2.01. The molecule has 0 N–H and O–H groups in total. The van der Waals surface area contributed by atoms with Crippen LogP contribution >= 0.6 is 15.9 Å². The lowest BCUT2D eigenvalue weighted by Crippen LogP contribution is -2.22. The van der Waals surface area contributed by atoms with Crippen molar-refractivity contribution in [3.63, 3.8) is 0 Å². The first-order valence-electron chi connectivity index (χ1n) is 4.99. The number of hydrogen-bond donors (Lipinski definition) is 0. The third kappa shape index (κ3) is 1.76. The van der Waals surface area contributed by atoms with E-state index in [0.29, 0.717) is 5.78 Å². The highest BCUT2D eigenvalue weighted by Gasteiger charge is 2.27. The van der Waals surface area contributed by atoms with Crippen molar-refractivity contribution < 1.29 is 4.79 Å². The quantitative estimate of drug-likeness (QED) is 0.734. The van der Waals surface area contributed by atoms with E-state index in [1.807, 2.05) is 25.1 Å². The summed E-state index contributed by atoms with van der Waals surface area (Å²) in [5, 5.41) is 0. The van der Waals surface area contributed by atoms with Crippen molar-refractivity contribution in [2.24, 2.45) is 5.92 Å². The number of hydrogen-bond acceptors (Lipinski definition) is 1. The zero-order valence-electron chi connectivity index (χ0n) is 8.22. The van der Waals surface area contributed by atoms with Crippen molar-refractivity contribution in [1.29, 1.82) is 0 Å². The van der Waals surface area contributed by atoms with Crippen molar-refractivity contribution in [3.8, 4) is 0 Å². The van der Waals surface area contributed by atoms with E-state index in [1.165, 1.54) is 6.42 Å². The van der Waals surface area contributed by atoms with Gasteiger partial charge in [0, 0.05) is 16.0 Å². The Kier molecular flexibility index (Phi) is 2.73. The predicted octanol–water partition coefficient (Wildman–Crippen LogP) is 3.74. The van der Waals surface area contributed by atoms with Crippen LogP contribution in [0.5, 0.6) is 0 Å². The third-order valence-corrected chi connectivity index (χ3v) is 3.55. The third-order valence-electron chi connectivity index (χ3n) is 2.86.